The number of piperidine rings is 1. The molecule has 1 amide bonds. The van der Waals surface area contributed by atoms with Crippen molar-refractivity contribution in [3.05, 3.63) is 0 Å². The lowest BCUT2D eigenvalue weighted by Gasteiger charge is -2.35. The van der Waals surface area contributed by atoms with Crippen molar-refractivity contribution in [2.75, 3.05) is 13.2 Å². The highest BCUT2D eigenvalue weighted by molar-refractivity contribution is 5.93. The van der Waals surface area contributed by atoms with Gasteiger partial charge >= 0.3 is 5.97 Å². The minimum atomic E-state index is -1.14. The second-order valence-electron chi connectivity index (χ2n) is 14.9. The van der Waals surface area contributed by atoms with Gasteiger partial charge in [0.15, 0.2) is 11.6 Å². The van der Waals surface area contributed by atoms with E-state index in [1.54, 1.807) is 25.7 Å². The molecule has 8 nitrogen and oxygen atoms in total. The Kier molecular flexibility index (Phi) is 10.0. The first kappa shape index (κ1) is 32.1. The topological polar surface area (TPSA) is 110 Å². The molecule has 2 aliphatic heterocycles. The molecule has 41 heavy (non-hydrogen) atoms. The maximum Gasteiger partial charge on any atom is 0.307 e. The minimum Gasteiger partial charge on any atom is -0.460 e. The molecule has 0 radical (unpaired) electrons. The molecular formula is C33H53NO7. The zero-order valence-corrected chi connectivity index (χ0v) is 26.2. The molecule has 4 fully saturated rings. The van der Waals surface area contributed by atoms with Gasteiger partial charge < -0.3 is 19.5 Å². The molecule has 1 unspecified atom stereocenters. The van der Waals surface area contributed by atoms with E-state index >= 15 is 0 Å². The van der Waals surface area contributed by atoms with Gasteiger partial charge in [0.25, 0.3) is 0 Å². The van der Waals surface area contributed by atoms with Crippen LogP contribution in [0.25, 0.3) is 0 Å². The maximum absolute atomic E-state index is 14.2. The first-order valence-electron chi connectivity index (χ1n) is 16.1. The Morgan fingerprint density at radius 2 is 1.71 bits per heavy atom. The van der Waals surface area contributed by atoms with Gasteiger partial charge in [-0.1, -0.05) is 39.5 Å². The number of nitrogens with zero attached hydrogens (tertiary/aromatic N) is 1. The molecule has 0 aromatic rings. The number of amides is 1. The van der Waals surface area contributed by atoms with Crippen molar-refractivity contribution in [2.24, 2.45) is 35.0 Å². The second-order valence-corrected chi connectivity index (χ2v) is 14.9. The predicted molar refractivity (Wildman–Crippen MR) is 155 cm³/mol. The van der Waals surface area contributed by atoms with Gasteiger partial charge in [-0.15, -0.1) is 0 Å². The molecule has 2 heterocycles. The standard InChI is InChI=1S/C33H53NO7/c1-20-23(18-27(37)41-32(2,3)4)31(39)34-19-24-28(33(24,5)6)29(34)25(35)17-22(12-10-8-7-9-11-15-40-20)30(38)26(36)16-21-13-14-21/h20-24,28-30,38H,7-19H2,1-6H3/t20-,22+,23-,24-,28-,29+,30?/m0/s1. The number of carbonyl (C=O) groups is 4. The Hall–Kier alpha value is -1.80. The van der Waals surface area contributed by atoms with Gasteiger partial charge in [0.1, 0.15) is 11.7 Å². The van der Waals surface area contributed by atoms with E-state index in [1.165, 1.54) is 0 Å². The number of esters is 1. The van der Waals surface area contributed by atoms with Crippen molar-refractivity contribution in [1.29, 1.82) is 0 Å². The molecule has 232 valence electrons. The summed E-state index contributed by atoms with van der Waals surface area (Å²) in [6.07, 6.45) is 6.07. The quantitative estimate of drug-likeness (QED) is 0.450. The molecule has 2 aliphatic carbocycles. The lowest BCUT2D eigenvalue weighted by molar-refractivity contribution is -0.162. The zero-order chi connectivity index (χ0) is 30.1. The van der Waals surface area contributed by atoms with Crippen LogP contribution in [0.3, 0.4) is 0 Å². The van der Waals surface area contributed by atoms with Gasteiger partial charge in [-0.05, 0) is 82.5 Å². The molecular weight excluding hydrogens is 522 g/mol. The van der Waals surface area contributed by atoms with Gasteiger partial charge in [-0.2, -0.15) is 0 Å². The number of fused-ring (bicyclic) bond motifs is 3. The van der Waals surface area contributed by atoms with E-state index in [2.05, 4.69) is 13.8 Å². The third kappa shape index (κ3) is 7.98. The summed E-state index contributed by atoms with van der Waals surface area (Å²) < 4.78 is 11.7. The van der Waals surface area contributed by atoms with Gasteiger partial charge in [0, 0.05) is 26.0 Å². The average Bonchev–Trinajstić information content (AvgIpc) is 3.72. The van der Waals surface area contributed by atoms with Gasteiger partial charge in [-0.25, -0.2) is 0 Å². The molecule has 0 spiro atoms. The van der Waals surface area contributed by atoms with Crippen LogP contribution in [0.5, 0.6) is 0 Å². The molecule has 0 aromatic heterocycles. The summed E-state index contributed by atoms with van der Waals surface area (Å²) >= 11 is 0. The molecule has 7 atom stereocenters. The van der Waals surface area contributed by atoms with Gasteiger partial charge in [-0.3, -0.25) is 19.2 Å². The van der Waals surface area contributed by atoms with Crippen LogP contribution in [0.15, 0.2) is 0 Å². The third-order valence-electron chi connectivity index (χ3n) is 10.0. The lowest BCUT2D eigenvalue weighted by atomic mass is 9.84. The first-order valence-corrected chi connectivity index (χ1v) is 16.1. The summed E-state index contributed by atoms with van der Waals surface area (Å²) in [6.45, 7) is 12.5. The fraction of sp³-hybridized carbons (Fsp3) is 0.879. The summed E-state index contributed by atoms with van der Waals surface area (Å²) in [6, 6.07) is -0.614. The van der Waals surface area contributed by atoms with E-state index in [4.69, 9.17) is 9.47 Å². The number of ketones is 2. The monoisotopic (exact) mass is 575 g/mol. The molecule has 2 saturated carbocycles. The molecule has 1 N–H and O–H groups in total. The molecule has 2 saturated heterocycles. The van der Waals surface area contributed by atoms with Crippen LogP contribution in [0, 0.1) is 35.0 Å². The number of carbonyl (C=O) groups excluding carboxylic acids is 4. The van der Waals surface area contributed by atoms with Crippen LogP contribution in [0.1, 0.15) is 112 Å². The highest BCUT2D eigenvalue weighted by Crippen LogP contribution is 2.65. The summed E-state index contributed by atoms with van der Waals surface area (Å²) in [5.74, 6) is -1.47. The number of aliphatic hydroxyl groups excluding tert-OH is 1. The molecule has 4 rings (SSSR count). The fourth-order valence-corrected chi connectivity index (χ4v) is 7.28. The second kappa shape index (κ2) is 12.8. The van der Waals surface area contributed by atoms with Crippen molar-refractivity contribution in [3.63, 3.8) is 0 Å². The number of ether oxygens (including phenoxy) is 2. The number of hydrogen-bond donors (Lipinski definition) is 1. The number of Topliss-reactive ketones (excluding diaryl/α,β-unsaturated/α-hetero) is 2. The van der Waals surface area contributed by atoms with E-state index in [1.807, 2.05) is 6.92 Å². The van der Waals surface area contributed by atoms with Crippen LogP contribution in [-0.4, -0.2) is 70.5 Å². The van der Waals surface area contributed by atoms with Gasteiger partial charge in [0.2, 0.25) is 5.91 Å². The molecule has 0 bridgehead atoms. The summed E-state index contributed by atoms with van der Waals surface area (Å²) in [5.41, 5.74) is -0.732. The van der Waals surface area contributed by atoms with Crippen LogP contribution in [-0.2, 0) is 28.7 Å². The van der Waals surface area contributed by atoms with E-state index in [9.17, 15) is 24.3 Å². The van der Waals surface area contributed by atoms with E-state index < -0.39 is 41.7 Å². The fourth-order valence-electron chi connectivity index (χ4n) is 7.28. The van der Waals surface area contributed by atoms with Crippen molar-refractivity contribution in [2.45, 2.75) is 136 Å². The van der Waals surface area contributed by atoms with Crippen LogP contribution >= 0.6 is 0 Å². The SMILES string of the molecule is C[C@@H]1OCCCCCCC[C@@H](C(O)C(=O)CC2CC2)CC(=O)[C@@H]2[C@@H]3[C@H](CN2C(=O)[C@H]1CC(=O)OC(C)(C)C)C3(C)C. The van der Waals surface area contributed by atoms with Crippen molar-refractivity contribution in [3.8, 4) is 0 Å². The molecule has 8 heteroatoms. The largest absolute Gasteiger partial charge is 0.460 e. The maximum atomic E-state index is 14.2. The molecule has 0 aromatic carbocycles. The first-order chi connectivity index (χ1) is 19.2. The smallest absolute Gasteiger partial charge is 0.307 e. The summed E-state index contributed by atoms with van der Waals surface area (Å²) in [5, 5.41) is 11.1. The highest BCUT2D eigenvalue weighted by Gasteiger charge is 2.69. The Balaban J connectivity index is 1.58. The zero-order valence-electron chi connectivity index (χ0n) is 26.2. The van der Waals surface area contributed by atoms with Crippen LogP contribution in [0.4, 0.5) is 0 Å². The van der Waals surface area contributed by atoms with E-state index in [-0.39, 0.29) is 47.6 Å². The van der Waals surface area contributed by atoms with Crippen LogP contribution in [0.2, 0.25) is 0 Å². The Bertz CT molecular complexity index is 981. The minimum absolute atomic E-state index is 0.0381. The summed E-state index contributed by atoms with van der Waals surface area (Å²) in [7, 11) is 0. The summed E-state index contributed by atoms with van der Waals surface area (Å²) in [4.78, 5) is 55.8. The van der Waals surface area contributed by atoms with Crippen LogP contribution < -0.4 is 0 Å². The van der Waals surface area contributed by atoms with Gasteiger partial charge in [0.05, 0.1) is 24.5 Å². The Morgan fingerprint density at radius 3 is 2.37 bits per heavy atom. The highest BCUT2D eigenvalue weighted by atomic mass is 16.6. The number of aliphatic hydroxyl groups is 1. The Labute approximate surface area is 246 Å². The number of hydrogen-bond acceptors (Lipinski definition) is 7. The Morgan fingerprint density at radius 1 is 1.05 bits per heavy atom. The predicted octanol–water partition coefficient (Wildman–Crippen LogP) is 4.88. The average molecular weight is 576 g/mol. The lowest BCUT2D eigenvalue weighted by Crippen LogP contribution is -2.51. The molecule has 4 aliphatic rings. The van der Waals surface area contributed by atoms with E-state index in [0.29, 0.717) is 31.9 Å². The normalized spacial score (nSPS) is 34.0. The van der Waals surface area contributed by atoms with E-state index in [0.717, 1.165) is 44.9 Å². The van der Waals surface area contributed by atoms with Crippen molar-refractivity contribution in [1.82, 2.24) is 4.90 Å². The van der Waals surface area contributed by atoms with Crippen molar-refractivity contribution >= 4 is 23.4 Å². The third-order valence-corrected chi connectivity index (χ3v) is 10.0. The van der Waals surface area contributed by atoms with Crippen molar-refractivity contribution < 1.29 is 33.8 Å². The number of rotatable bonds is 6.